The first kappa shape index (κ1) is 18.5. The monoisotopic (exact) mass is 355 g/mol. The van der Waals surface area contributed by atoms with E-state index in [4.69, 9.17) is 4.74 Å². The lowest BCUT2D eigenvalue weighted by Gasteiger charge is -2.14. The number of carbonyl (C=O) groups is 1. The van der Waals surface area contributed by atoms with Crippen molar-refractivity contribution in [3.05, 3.63) is 51.9 Å². The highest BCUT2D eigenvalue weighted by molar-refractivity contribution is 6.03. The predicted octanol–water partition coefficient (Wildman–Crippen LogP) is 3.10. The summed E-state index contributed by atoms with van der Waals surface area (Å²) in [4.78, 5) is 24.0. The summed E-state index contributed by atoms with van der Waals surface area (Å²) in [6.45, 7) is 3.43. The molecule has 0 unspecified atom stereocenters. The summed E-state index contributed by atoms with van der Waals surface area (Å²) in [6, 6.07) is 4.84. The average molecular weight is 355 g/mol. The van der Waals surface area contributed by atoms with Gasteiger partial charge in [-0.2, -0.15) is 18.3 Å². The molecule has 0 saturated heterocycles. The molecule has 1 N–H and O–H groups in total. The van der Waals surface area contributed by atoms with Gasteiger partial charge < -0.3 is 10.1 Å². The van der Waals surface area contributed by atoms with Crippen molar-refractivity contribution in [2.75, 3.05) is 12.4 Å². The maximum absolute atomic E-state index is 12.8. The normalized spacial score (nSPS) is 11.5. The Bertz CT molecular complexity index is 844. The molecule has 1 aromatic heterocycles. The number of aromatic nitrogens is 2. The fraction of sp³-hybridized carbons (Fsp3) is 0.312. The van der Waals surface area contributed by atoms with Crippen LogP contribution in [0.15, 0.2) is 35.1 Å². The number of hydrogen-bond donors (Lipinski definition) is 1. The maximum atomic E-state index is 12.8. The molecule has 0 atom stereocenters. The van der Waals surface area contributed by atoms with Crippen molar-refractivity contribution < 1.29 is 22.7 Å². The molecule has 6 nitrogen and oxygen atoms in total. The van der Waals surface area contributed by atoms with E-state index in [-0.39, 0.29) is 28.7 Å². The number of nitrogens with zero attached hydrogens (tertiary/aromatic N) is 2. The minimum absolute atomic E-state index is 0.0681. The number of benzene rings is 1. The van der Waals surface area contributed by atoms with Gasteiger partial charge in [-0.1, -0.05) is 0 Å². The van der Waals surface area contributed by atoms with E-state index >= 15 is 0 Å². The van der Waals surface area contributed by atoms with E-state index in [2.05, 4.69) is 10.4 Å². The number of ether oxygens (including phenoxy) is 1. The van der Waals surface area contributed by atoms with Crippen LogP contribution in [-0.4, -0.2) is 22.8 Å². The number of alkyl halides is 3. The number of rotatable bonds is 4. The molecule has 1 heterocycles. The van der Waals surface area contributed by atoms with Crippen LogP contribution in [0.5, 0.6) is 5.75 Å². The van der Waals surface area contributed by atoms with Crippen molar-refractivity contribution in [3.8, 4) is 5.75 Å². The van der Waals surface area contributed by atoms with Crippen LogP contribution < -0.4 is 15.6 Å². The molecular weight excluding hydrogens is 339 g/mol. The van der Waals surface area contributed by atoms with Crippen LogP contribution in [0.4, 0.5) is 18.9 Å². The summed E-state index contributed by atoms with van der Waals surface area (Å²) >= 11 is 0. The highest BCUT2D eigenvalue weighted by Crippen LogP contribution is 2.35. The van der Waals surface area contributed by atoms with Crippen LogP contribution in [0.25, 0.3) is 0 Å². The van der Waals surface area contributed by atoms with Gasteiger partial charge in [0.05, 0.1) is 24.4 Å². The molecule has 0 saturated carbocycles. The van der Waals surface area contributed by atoms with E-state index in [1.165, 1.54) is 19.2 Å². The van der Waals surface area contributed by atoms with E-state index in [1.54, 1.807) is 13.8 Å². The molecule has 0 spiro atoms. The molecule has 0 aliphatic carbocycles. The van der Waals surface area contributed by atoms with Crippen molar-refractivity contribution in [1.82, 2.24) is 9.78 Å². The summed E-state index contributed by atoms with van der Waals surface area (Å²) in [5, 5.41) is 6.26. The summed E-state index contributed by atoms with van der Waals surface area (Å²) in [5.41, 5.74) is -1.56. The Balaban J connectivity index is 2.37. The fourth-order valence-electron chi connectivity index (χ4n) is 2.08. The second-order valence-electron chi connectivity index (χ2n) is 5.46. The largest absolute Gasteiger partial charge is 0.495 e. The molecule has 0 radical (unpaired) electrons. The molecule has 2 aromatic rings. The molecule has 0 aliphatic rings. The van der Waals surface area contributed by atoms with Gasteiger partial charge in [-0.3, -0.25) is 9.59 Å². The number of amides is 1. The van der Waals surface area contributed by atoms with Crippen molar-refractivity contribution in [2.45, 2.75) is 26.1 Å². The molecule has 0 bridgehead atoms. The van der Waals surface area contributed by atoms with Crippen molar-refractivity contribution in [1.29, 1.82) is 0 Å². The number of nitrogens with one attached hydrogen (secondary N) is 1. The Hall–Kier alpha value is -2.84. The first-order valence-corrected chi connectivity index (χ1v) is 7.30. The first-order chi connectivity index (χ1) is 11.6. The first-order valence-electron chi connectivity index (χ1n) is 7.30. The number of hydrogen-bond acceptors (Lipinski definition) is 4. The van der Waals surface area contributed by atoms with E-state index in [9.17, 15) is 22.8 Å². The van der Waals surface area contributed by atoms with Crippen molar-refractivity contribution >= 4 is 11.6 Å². The Labute approximate surface area is 141 Å². The Morgan fingerprint density at radius 3 is 2.48 bits per heavy atom. The number of methoxy groups -OCH3 is 1. The summed E-state index contributed by atoms with van der Waals surface area (Å²) < 4.78 is 44.6. The summed E-state index contributed by atoms with van der Waals surface area (Å²) in [7, 11) is 1.27. The lowest BCUT2D eigenvalue weighted by atomic mass is 10.1. The van der Waals surface area contributed by atoms with Crippen molar-refractivity contribution in [3.63, 3.8) is 0 Å². The zero-order valence-corrected chi connectivity index (χ0v) is 13.7. The molecule has 134 valence electrons. The van der Waals surface area contributed by atoms with Gasteiger partial charge in [0.25, 0.3) is 11.5 Å². The molecule has 2 rings (SSSR count). The fourth-order valence-corrected chi connectivity index (χ4v) is 2.08. The van der Waals surface area contributed by atoms with Crippen LogP contribution in [-0.2, 0) is 6.18 Å². The molecule has 0 aliphatic heterocycles. The van der Waals surface area contributed by atoms with Gasteiger partial charge >= 0.3 is 6.18 Å². The standard InChI is InChI=1S/C16H16F3N3O3/c1-9(2)22-14(23)7-5-11(21-22)15(24)20-12-8-10(16(17,18)19)4-6-13(12)25-3/h4-9H,1-3H3,(H,20,24). The number of anilines is 1. The van der Waals surface area contributed by atoms with Gasteiger partial charge in [0.15, 0.2) is 0 Å². The zero-order chi connectivity index (χ0) is 18.8. The van der Waals surface area contributed by atoms with E-state index in [0.717, 1.165) is 22.9 Å². The lowest BCUT2D eigenvalue weighted by Crippen LogP contribution is -2.27. The highest BCUT2D eigenvalue weighted by Gasteiger charge is 2.31. The highest BCUT2D eigenvalue weighted by atomic mass is 19.4. The Kier molecular flexibility index (Phi) is 5.15. The maximum Gasteiger partial charge on any atom is 0.416 e. The van der Waals surface area contributed by atoms with Crippen LogP contribution >= 0.6 is 0 Å². The molecule has 1 aromatic carbocycles. The average Bonchev–Trinajstić information content (AvgIpc) is 2.54. The summed E-state index contributed by atoms with van der Waals surface area (Å²) in [6.07, 6.45) is -4.56. The van der Waals surface area contributed by atoms with Gasteiger partial charge in [0.2, 0.25) is 0 Å². The predicted molar refractivity (Wildman–Crippen MR) is 84.8 cm³/mol. The number of carbonyl (C=O) groups excluding carboxylic acids is 1. The van der Waals surface area contributed by atoms with Gasteiger partial charge in [-0.05, 0) is 38.1 Å². The van der Waals surface area contributed by atoms with Crippen LogP contribution in [0, 0.1) is 0 Å². The quantitative estimate of drug-likeness (QED) is 0.915. The minimum Gasteiger partial charge on any atom is -0.495 e. The SMILES string of the molecule is COc1ccc(C(F)(F)F)cc1NC(=O)c1ccc(=O)n(C(C)C)n1. The third-order valence-corrected chi connectivity index (χ3v) is 3.32. The molecule has 1 amide bonds. The van der Waals surface area contributed by atoms with E-state index in [0.29, 0.717) is 0 Å². The second-order valence-corrected chi connectivity index (χ2v) is 5.46. The van der Waals surface area contributed by atoms with E-state index in [1.807, 2.05) is 0 Å². The lowest BCUT2D eigenvalue weighted by molar-refractivity contribution is -0.137. The van der Waals surface area contributed by atoms with Crippen LogP contribution in [0.3, 0.4) is 0 Å². The summed E-state index contributed by atoms with van der Waals surface area (Å²) in [5.74, 6) is -0.689. The third kappa shape index (κ3) is 4.17. The third-order valence-electron chi connectivity index (χ3n) is 3.32. The zero-order valence-electron chi connectivity index (χ0n) is 13.7. The van der Waals surface area contributed by atoms with E-state index < -0.39 is 17.6 Å². The second kappa shape index (κ2) is 6.96. The van der Waals surface area contributed by atoms with Gasteiger partial charge in [-0.15, -0.1) is 0 Å². The van der Waals surface area contributed by atoms with Crippen molar-refractivity contribution in [2.24, 2.45) is 0 Å². The topological polar surface area (TPSA) is 73.2 Å². The van der Waals surface area contributed by atoms with Gasteiger partial charge in [0, 0.05) is 6.07 Å². The van der Waals surface area contributed by atoms with Gasteiger partial charge in [-0.25, -0.2) is 4.68 Å². The smallest absolute Gasteiger partial charge is 0.416 e. The van der Waals surface area contributed by atoms with Crippen LogP contribution in [0.1, 0.15) is 35.9 Å². The molecular formula is C16H16F3N3O3. The molecule has 25 heavy (non-hydrogen) atoms. The number of halogens is 3. The molecule has 9 heteroatoms. The minimum atomic E-state index is -4.56. The van der Waals surface area contributed by atoms with Crippen LogP contribution in [0.2, 0.25) is 0 Å². The molecule has 0 fully saturated rings. The van der Waals surface area contributed by atoms with Gasteiger partial charge in [0.1, 0.15) is 11.4 Å². The Morgan fingerprint density at radius 2 is 1.92 bits per heavy atom. The Morgan fingerprint density at radius 1 is 1.24 bits per heavy atom.